The third-order valence-corrected chi connectivity index (χ3v) is 5.21. The quantitative estimate of drug-likeness (QED) is 0.870. The van der Waals surface area contributed by atoms with Crippen LogP contribution in [-0.2, 0) is 18.3 Å². The molecule has 25 heavy (non-hydrogen) atoms. The Labute approximate surface area is 146 Å². The zero-order chi connectivity index (χ0) is 18.3. The monoisotopic (exact) mass is 346 g/mol. The maximum atomic E-state index is 12.9. The predicted molar refractivity (Wildman–Crippen MR) is 95.5 cm³/mol. The normalized spacial score (nSPS) is 18.9. The highest BCUT2D eigenvalue weighted by atomic mass is 16.3. The summed E-state index contributed by atoms with van der Waals surface area (Å²) in [6.07, 6.45) is 2.34. The van der Waals surface area contributed by atoms with E-state index >= 15 is 0 Å². The van der Waals surface area contributed by atoms with Gasteiger partial charge in [0.2, 0.25) is 5.91 Å². The number of fused-ring (bicyclic) bond motifs is 1. The van der Waals surface area contributed by atoms with Crippen LogP contribution in [0.5, 0.6) is 0 Å². The maximum absolute atomic E-state index is 12.9. The Bertz CT molecular complexity index is 865. The van der Waals surface area contributed by atoms with Gasteiger partial charge in [-0.25, -0.2) is 4.98 Å². The lowest BCUT2D eigenvalue weighted by atomic mass is 10.0. The molecule has 1 fully saturated rings. The summed E-state index contributed by atoms with van der Waals surface area (Å²) in [5.74, 6) is 0.0443. The highest BCUT2D eigenvalue weighted by Gasteiger charge is 2.30. The van der Waals surface area contributed by atoms with E-state index in [9.17, 15) is 14.7 Å². The summed E-state index contributed by atoms with van der Waals surface area (Å²) < 4.78 is 1.61. The molecule has 1 amide bonds. The van der Waals surface area contributed by atoms with Crippen LogP contribution in [-0.4, -0.2) is 49.4 Å². The van der Waals surface area contributed by atoms with Crippen molar-refractivity contribution in [3.05, 3.63) is 27.2 Å². The number of aliphatic hydroxyl groups excluding tert-OH is 1. The van der Waals surface area contributed by atoms with E-state index in [0.29, 0.717) is 17.5 Å². The van der Waals surface area contributed by atoms with Crippen molar-refractivity contribution in [1.29, 1.82) is 0 Å². The number of hydrogen-bond acceptors (Lipinski definition) is 4. The van der Waals surface area contributed by atoms with Gasteiger partial charge in [0.05, 0.1) is 17.9 Å². The molecule has 0 saturated carbocycles. The number of aliphatic hydroxyl groups is 1. The number of nitrogens with zero attached hydrogens (tertiary/aromatic N) is 3. The number of nitrogens with one attached hydrogen (secondary N) is 1. The summed E-state index contributed by atoms with van der Waals surface area (Å²) in [7, 11) is 1.76. The lowest BCUT2D eigenvalue weighted by Crippen LogP contribution is -2.38. The van der Waals surface area contributed by atoms with Gasteiger partial charge >= 0.3 is 0 Å². The number of likely N-dealkylation sites (tertiary alicyclic amines) is 1. The van der Waals surface area contributed by atoms with Crippen molar-refractivity contribution in [2.75, 3.05) is 6.54 Å². The Morgan fingerprint density at radius 2 is 2.16 bits per heavy atom. The van der Waals surface area contributed by atoms with Gasteiger partial charge in [-0.1, -0.05) is 0 Å². The maximum Gasteiger partial charge on any atom is 0.273 e. The van der Waals surface area contributed by atoms with E-state index in [1.165, 1.54) is 0 Å². The number of aryl methyl sites for hydroxylation is 3. The van der Waals surface area contributed by atoms with Crippen molar-refractivity contribution >= 4 is 16.9 Å². The van der Waals surface area contributed by atoms with Gasteiger partial charge < -0.3 is 10.0 Å². The average Bonchev–Trinajstić information content (AvgIpc) is 3.07. The van der Waals surface area contributed by atoms with Gasteiger partial charge in [-0.2, -0.15) is 0 Å². The first-order chi connectivity index (χ1) is 11.8. The molecule has 1 aliphatic heterocycles. The highest BCUT2D eigenvalue weighted by molar-refractivity contribution is 5.85. The second-order valence-corrected chi connectivity index (χ2v) is 7.14. The second-order valence-electron chi connectivity index (χ2n) is 7.14. The van der Waals surface area contributed by atoms with E-state index in [-0.39, 0.29) is 23.9 Å². The van der Waals surface area contributed by atoms with Crippen molar-refractivity contribution in [1.82, 2.24) is 19.7 Å². The first-order valence-corrected chi connectivity index (χ1v) is 8.82. The molecular weight excluding hydrogens is 320 g/mol. The molecule has 1 aliphatic rings. The van der Waals surface area contributed by atoms with Crippen molar-refractivity contribution < 1.29 is 9.90 Å². The van der Waals surface area contributed by atoms with Gasteiger partial charge in [0, 0.05) is 25.3 Å². The zero-order valence-electron chi connectivity index (χ0n) is 15.3. The first-order valence-electron chi connectivity index (χ1n) is 8.82. The Hall–Kier alpha value is -2.15. The van der Waals surface area contributed by atoms with Crippen molar-refractivity contribution in [3.8, 4) is 0 Å². The fraction of sp³-hybridized carbons (Fsp3) is 0.611. The lowest BCUT2D eigenvalue weighted by molar-refractivity contribution is -0.131. The minimum Gasteiger partial charge on any atom is -0.393 e. The van der Waals surface area contributed by atoms with Gasteiger partial charge in [-0.05, 0) is 51.2 Å². The number of amides is 1. The Balaban J connectivity index is 1.91. The molecule has 0 aliphatic carbocycles. The topological polar surface area (TPSA) is 91.2 Å². The van der Waals surface area contributed by atoms with Crippen LogP contribution in [0, 0.1) is 13.8 Å². The van der Waals surface area contributed by atoms with Crippen LogP contribution in [0.3, 0.4) is 0 Å². The molecule has 0 bridgehead atoms. The van der Waals surface area contributed by atoms with E-state index in [1.54, 1.807) is 18.7 Å². The molecule has 3 heterocycles. The molecule has 1 saturated heterocycles. The number of carbonyl (C=O) groups is 1. The molecule has 0 spiro atoms. The van der Waals surface area contributed by atoms with Crippen LogP contribution >= 0.6 is 0 Å². The van der Waals surface area contributed by atoms with Crippen LogP contribution in [0.4, 0.5) is 0 Å². The summed E-state index contributed by atoms with van der Waals surface area (Å²) in [5.41, 5.74) is 2.87. The van der Waals surface area contributed by atoms with E-state index in [0.717, 1.165) is 36.2 Å². The zero-order valence-corrected chi connectivity index (χ0v) is 15.3. The van der Waals surface area contributed by atoms with Gasteiger partial charge in [-0.15, -0.1) is 0 Å². The molecule has 2 N–H and O–H groups in total. The number of aromatic amines is 1. The summed E-state index contributed by atoms with van der Waals surface area (Å²) in [6, 6.07) is 0.102. The summed E-state index contributed by atoms with van der Waals surface area (Å²) in [5, 5.41) is 12.9. The van der Waals surface area contributed by atoms with E-state index in [1.807, 2.05) is 18.7 Å². The fourth-order valence-corrected chi connectivity index (χ4v) is 3.96. The molecule has 2 aromatic rings. The van der Waals surface area contributed by atoms with Crippen molar-refractivity contribution in [2.24, 2.45) is 7.05 Å². The number of hydrogen-bond donors (Lipinski definition) is 2. The number of rotatable bonds is 4. The minimum absolute atomic E-state index is 0.0443. The number of pyridine rings is 1. The van der Waals surface area contributed by atoms with Crippen LogP contribution in [0.1, 0.15) is 43.0 Å². The standard InChI is InChI=1S/C18H26N4O3/c1-10(23)8-13-6-5-7-22(13)15(24)9-14-11(2)16-17(19-12(14)3)21(4)20-18(16)25/h10,13,23H,5-9H2,1-4H3,(H,20,25). The van der Waals surface area contributed by atoms with Crippen molar-refractivity contribution in [3.63, 3.8) is 0 Å². The number of aromatic nitrogens is 3. The molecule has 2 atom stereocenters. The molecular formula is C18H26N4O3. The SMILES string of the molecule is Cc1nc2c(c(C)c1CC(=O)N1CCCC1CC(C)O)c(=O)[nH]n2C. The van der Waals surface area contributed by atoms with E-state index < -0.39 is 6.10 Å². The molecule has 3 rings (SSSR count). The summed E-state index contributed by atoms with van der Waals surface area (Å²) in [6.45, 7) is 6.25. The van der Waals surface area contributed by atoms with E-state index in [4.69, 9.17) is 0 Å². The highest BCUT2D eigenvalue weighted by Crippen LogP contribution is 2.25. The van der Waals surface area contributed by atoms with Crippen LogP contribution < -0.4 is 5.56 Å². The van der Waals surface area contributed by atoms with Gasteiger partial charge in [0.25, 0.3) is 5.56 Å². The fourth-order valence-electron chi connectivity index (χ4n) is 3.96. The van der Waals surface area contributed by atoms with Gasteiger partial charge in [-0.3, -0.25) is 19.4 Å². The smallest absolute Gasteiger partial charge is 0.273 e. The first kappa shape index (κ1) is 17.7. The Morgan fingerprint density at radius 1 is 1.44 bits per heavy atom. The molecule has 0 radical (unpaired) electrons. The Kier molecular flexibility index (Phi) is 4.69. The largest absolute Gasteiger partial charge is 0.393 e. The molecule has 136 valence electrons. The Morgan fingerprint density at radius 3 is 2.84 bits per heavy atom. The molecule has 7 heteroatoms. The number of carbonyl (C=O) groups excluding carboxylic acids is 1. The second kappa shape index (κ2) is 6.63. The molecule has 0 aromatic carbocycles. The van der Waals surface area contributed by atoms with Crippen LogP contribution in [0.25, 0.3) is 11.0 Å². The molecule has 7 nitrogen and oxygen atoms in total. The third-order valence-electron chi connectivity index (χ3n) is 5.21. The third kappa shape index (κ3) is 3.20. The lowest BCUT2D eigenvalue weighted by Gasteiger charge is -2.26. The van der Waals surface area contributed by atoms with Gasteiger partial charge in [0.15, 0.2) is 5.65 Å². The molecule has 2 unspecified atom stereocenters. The predicted octanol–water partition coefficient (Wildman–Crippen LogP) is 1.18. The van der Waals surface area contributed by atoms with Crippen LogP contribution in [0.2, 0.25) is 0 Å². The summed E-state index contributed by atoms with van der Waals surface area (Å²) in [4.78, 5) is 31.4. The van der Waals surface area contributed by atoms with Gasteiger partial charge in [0.1, 0.15) is 0 Å². The van der Waals surface area contributed by atoms with E-state index in [2.05, 4.69) is 10.1 Å². The summed E-state index contributed by atoms with van der Waals surface area (Å²) >= 11 is 0. The average molecular weight is 346 g/mol. The van der Waals surface area contributed by atoms with Crippen LogP contribution in [0.15, 0.2) is 4.79 Å². The van der Waals surface area contributed by atoms with Crippen molar-refractivity contribution in [2.45, 2.75) is 58.6 Å². The molecule has 2 aromatic heterocycles. The number of H-pyrrole nitrogens is 1. The minimum atomic E-state index is -0.414.